The van der Waals surface area contributed by atoms with Gasteiger partial charge in [0.1, 0.15) is 6.29 Å². The fourth-order valence-corrected chi connectivity index (χ4v) is 2.43. The molecule has 2 heterocycles. The van der Waals surface area contributed by atoms with Crippen LogP contribution in [-0.4, -0.2) is 29.3 Å². The molecule has 1 atom stereocenters. The Morgan fingerprint density at radius 1 is 1.61 bits per heavy atom. The van der Waals surface area contributed by atoms with Crippen molar-refractivity contribution in [2.45, 2.75) is 12.8 Å². The molecule has 1 aromatic rings. The summed E-state index contributed by atoms with van der Waals surface area (Å²) in [6.45, 7) is 1.19. The van der Waals surface area contributed by atoms with Gasteiger partial charge in [-0.2, -0.15) is 0 Å². The fraction of sp³-hybridized carbons (Fsp3) is 0.455. The topological polar surface area (TPSA) is 76.3 Å². The first kappa shape index (κ1) is 12.9. The minimum Gasteiger partial charge on any atom is -0.350 e. The lowest BCUT2D eigenvalue weighted by atomic mass is 10.00. The van der Waals surface area contributed by atoms with Crippen LogP contribution in [-0.2, 0) is 4.79 Å². The molecule has 1 fully saturated rings. The zero-order valence-electron chi connectivity index (χ0n) is 9.58. The van der Waals surface area contributed by atoms with E-state index in [-0.39, 0.29) is 11.6 Å². The van der Waals surface area contributed by atoms with Crippen LogP contribution in [0.2, 0.25) is 0 Å². The van der Waals surface area contributed by atoms with E-state index in [1.165, 1.54) is 12.3 Å². The molecule has 0 aromatic carbocycles. The second-order valence-corrected chi connectivity index (χ2v) is 5.15. The molecule has 7 heteroatoms. The number of hydrogen-bond donors (Lipinski definition) is 0. The maximum atomic E-state index is 11.0. The third-order valence-corrected chi connectivity index (χ3v) is 3.39. The van der Waals surface area contributed by atoms with Gasteiger partial charge in [0.2, 0.25) is 5.82 Å². The summed E-state index contributed by atoms with van der Waals surface area (Å²) in [4.78, 5) is 27.3. The van der Waals surface area contributed by atoms with Crippen molar-refractivity contribution in [2.24, 2.45) is 5.92 Å². The number of piperidine rings is 1. The fourth-order valence-electron chi connectivity index (χ4n) is 2.11. The predicted octanol–water partition coefficient (Wildman–Crippen LogP) is 2.17. The summed E-state index contributed by atoms with van der Waals surface area (Å²) in [6, 6.07) is 1.44. The standard InChI is InChI=1S/C11H12BrN3O3/c12-9-4-10(15(17)18)11(13-5-9)14-3-1-2-8(6-14)7-16/h4-5,7-8H,1-3,6H2. The highest BCUT2D eigenvalue weighted by atomic mass is 79.9. The first-order valence-electron chi connectivity index (χ1n) is 5.62. The largest absolute Gasteiger partial charge is 0.350 e. The second kappa shape index (κ2) is 5.43. The van der Waals surface area contributed by atoms with Crippen LogP contribution in [0.1, 0.15) is 12.8 Å². The summed E-state index contributed by atoms with van der Waals surface area (Å²) in [7, 11) is 0. The van der Waals surface area contributed by atoms with Gasteiger partial charge in [0.05, 0.1) is 4.92 Å². The van der Waals surface area contributed by atoms with Gasteiger partial charge in [-0.15, -0.1) is 0 Å². The molecule has 6 nitrogen and oxygen atoms in total. The van der Waals surface area contributed by atoms with Crippen LogP contribution in [0.5, 0.6) is 0 Å². The van der Waals surface area contributed by atoms with E-state index in [0.29, 0.717) is 23.4 Å². The van der Waals surface area contributed by atoms with Crippen LogP contribution in [0.4, 0.5) is 11.5 Å². The molecule has 18 heavy (non-hydrogen) atoms. The maximum Gasteiger partial charge on any atom is 0.312 e. The molecule has 0 amide bonds. The number of aldehydes is 1. The number of pyridine rings is 1. The molecular weight excluding hydrogens is 302 g/mol. The van der Waals surface area contributed by atoms with E-state index in [4.69, 9.17) is 0 Å². The molecule has 0 saturated carbocycles. The molecule has 0 bridgehead atoms. The summed E-state index contributed by atoms with van der Waals surface area (Å²) in [5, 5.41) is 11.0. The van der Waals surface area contributed by atoms with Crippen molar-refractivity contribution < 1.29 is 9.72 Å². The molecule has 1 saturated heterocycles. The number of halogens is 1. The van der Waals surface area contributed by atoms with Gasteiger partial charge in [0, 0.05) is 35.7 Å². The van der Waals surface area contributed by atoms with Crippen molar-refractivity contribution in [1.29, 1.82) is 0 Å². The zero-order valence-corrected chi connectivity index (χ0v) is 11.2. The van der Waals surface area contributed by atoms with Crippen molar-refractivity contribution >= 4 is 33.7 Å². The minimum absolute atomic E-state index is 0.0316. The number of nitrogens with zero attached hydrogens (tertiary/aromatic N) is 3. The van der Waals surface area contributed by atoms with Crippen LogP contribution >= 0.6 is 15.9 Å². The Balaban J connectivity index is 2.32. The molecule has 0 radical (unpaired) electrons. The first-order valence-corrected chi connectivity index (χ1v) is 6.41. The smallest absolute Gasteiger partial charge is 0.312 e. The predicted molar refractivity (Wildman–Crippen MR) is 69.6 cm³/mol. The molecule has 0 aliphatic carbocycles. The molecule has 1 unspecified atom stereocenters. The van der Waals surface area contributed by atoms with Gasteiger partial charge in [0.25, 0.3) is 0 Å². The van der Waals surface area contributed by atoms with E-state index in [1.54, 1.807) is 0 Å². The van der Waals surface area contributed by atoms with Crippen molar-refractivity contribution in [1.82, 2.24) is 4.98 Å². The number of hydrogen-bond acceptors (Lipinski definition) is 5. The average Bonchev–Trinajstić information content (AvgIpc) is 2.38. The zero-order chi connectivity index (χ0) is 13.1. The van der Waals surface area contributed by atoms with Crippen LogP contribution in [0.3, 0.4) is 0 Å². The Hall–Kier alpha value is -1.50. The third kappa shape index (κ3) is 2.66. The quantitative estimate of drug-likeness (QED) is 0.485. The van der Waals surface area contributed by atoms with E-state index >= 15 is 0 Å². The average molecular weight is 314 g/mol. The maximum absolute atomic E-state index is 11.0. The van der Waals surface area contributed by atoms with Gasteiger partial charge < -0.3 is 9.69 Å². The molecular formula is C11H12BrN3O3. The normalized spacial score (nSPS) is 19.6. The van der Waals surface area contributed by atoms with E-state index < -0.39 is 4.92 Å². The highest BCUT2D eigenvalue weighted by Gasteiger charge is 2.26. The Morgan fingerprint density at radius 3 is 3.06 bits per heavy atom. The summed E-state index contributed by atoms with van der Waals surface area (Å²) in [5.74, 6) is 0.276. The van der Waals surface area contributed by atoms with Crippen LogP contribution in [0.15, 0.2) is 16.7 Å². The van der Waals surface area contributed by atoms with Gasteiger partial charge in [-0.05, 0) is 28.8 Å². The van der Waals surface area contributed by atoms with E-state index in [2.05, 4.69) is 20.9 Å². The highest BCUT2D eigenvalue weighted by molar-refractivity contribution is 9.10. The Bertz CT molecular complexity index is 481. The van der Waals surface area contributed by atoms with E-state index in [0.717, 1.165) is 19.1 Å². The lowest BCUT2D eigenvalue weighted by Crippen LogP contribution is -2.36. The molecule has 0 spiro atoms. The van der Waals surface area contributed by atoms with Crippen molar-refractivity contribution in [3.63, 3.8) is 0 Å². The van der Waals surface area contributed by atoms with Gasteiger partial charge in [0.15, 0.2) is 0 Å². The lowest BCUT2D eigenvalue weighted by Gasteiger charge is -2.30. The number of anilines is 1. The van der Waals surface area contributed by atoms with Crippen LogP contribution in [0.25, 0.3) is 0 Å². The Labute approximate surface area is 112 Å². The number of aromatic nitrogens is 1. The number of rotatable bonds is 3. The van der Waals surface area contributed by atoms with Gasteiger partial charge in [-0.1, -0.05) is 0 Å². The Morgan fingerprint density at radius 2 is 2.39 bits per heavy atom. The third-order valence-electron chi connectivity index (χ3n) is 2.96. The molecule has 1 aliphatic rings. The van der Waals surface area contributed by atoms with Gasteiger partial charge in [-0.3, -0.25) is 10.1 Å². The summed E-state index contributed by atoms with van der Waals surface area (Å²) in [5.41, 5.74) is -0.0316. The van der Waals surface area contributed by atoms with E-state index in [1.807, 2.05) is 4.90 Å². The van der Waals surface area contributed by atoms with Crippen LogP contribution in [0, 0.1) is 16.0 Å². The summed E-state index contributed by atoms with van der Waals surface area (Å²) < 4.78 is 0.571. The highest BCUT2D eigenvalue weighted by Crippen LogP contribution is 2.31. The first-order chi connectivity index (χ1) is 8.61. The molecule has 96 valence electrons. The van der Waals surface area contributed by atoms with Gasteiger partial charge >= 0.3 is 5.69 Å². The number of carbonyl (C=O) groups excluding carboxylic acids is 1. The minimum atomic E-state index is -0.447. The molecule has 1 aliphatic heterocycles. The lowest BCUT2D eigenvalue weighted by molar-refractivity contribution is -0.384. The Kier molecular flexibility index (Phi) is 3.90. The molecule has 2 rings (SSSR count). The second-order valence-electron chi connectivity index (χ2n) is 4.24. The number of nitro groups is 1. The summed E-state index contributed by atoms with van der Waals surface area (Å²) >= 11 is 3.17. The molecule has 0 N–H and O–H groups in total. The number of carbonyl (C=O) groups is 1. The van der Waals surface area contributed by atoms with Crippen LogP contribution < -0.4 is 4.90 Å². The molecule has 1 aromatic heterocycles. The van der Waals surface area contributed by atoms with Crippen molar-refractivity contribution in [3.05, 3.63) is 26.9 Å². The monoisotopic (exact) mass is 313 g/mol. The van der Waals surface area contributed by atoms with Crippen molar-refractivity contribution in [2.75, 3.05) is 18.0 Å². The van der Waals surface area contributed by atoms with Crippen molar-refractivity contribution in [3.8, 4) is 0 Å². The van der Waals surface area contributed by atoms with Gasteiger partial charge in [-0.25, -0.2) is 4.98 Å². The SMILES string of the molecule is O=CC1CCCN(c2ncc(Br)cc2[N+](=O)[O-])C1. The van der Waals surface area contributed by atoms with E-state index in [9.17, 15) is 14.9 Å². The summed E-state index contributed by atoms with van der Waals surface area (Å²) in [6.07, 6.45) is 4.13.